The van der Waals surface area contributed by atoms with Crippen LogP contribution < -0.4 is 0 Å². The van der Waals surface area contributed by atoms with Gasteiger partial charge in [0, 0.05) is 24.6 Å². The van der Waals surface area contributed by atoms with Gasteiger partial charge in [0.25, 0.3) is 5.92 Å². The maximum Gasteiger partial charge on any atom is 0.410 e. The summed E-state index contributed by atoms with van der Waals surface area (Å²) in [5.41, 5.74) is -0.826. The van der Waals surface area contributed by atoms with E-state index in [-0.39, 0.29) is 40.8 Å². The third-order valence-electron chi connectivity index (χ3n) is 4.41. The zero-order chi connectivity index (χ0) is 17.9. The molecule has 0 N–H and O–H groups in total. The van der Waals surface area contributed by atoms with E-state index >= 15 is 0 Å². The number of piperidine rings is 1. The largest absolute Gasteiger partial charge is 0.444 e. The number of ether oxygens (including phenoxy) is 1. The number of hydrogen-bond acceptors (Lipinski definition) is 3. The Balaban J connectivity index is 1.67. The third-order valence-corrected chi connectivity index (χ3v) is 4.80. The first-order valence-corrected chi connectivity index (χ1v) is 8.44. The van der Waals surface area contributed by atoms with Crippen LogP contribution >= 0.6 is 23.2 Å². The van der Waals surface area contributed by atoms with Crippen LogP contribution in [0.15, 0.2) is 12.1 Å². The van der Waals surface area contributed by atoms with Gasteiger partial charge in [-0.05, 0) is 44.7 Å². The molecule has 2 unspecified atom stereocenters. The molecule has 3 rings (SSSR count). The molecule has 2 heterocycles. The second-order valence-electron chi connectivity index (χ2n) is 7.36. The highest BCUT2D eigenvalue weighted by atomic mass is 35.5. The highest BCUT2D eigenvalue weighted by molar-refractivity contribution is 6.32. The number of alkyl halides is 2. The van der Waals surface area contributed by atoms with Crippen LogP contribution in [0.4, 0.5) is 13.6 Å². The lowest BCUT2D eigenvalue weighted by Gasteiger charge is -2.27. The number of amides is 1. The van der Waals surface area contributed by atoms with Gasteiger partial charge in [-0.15, -0.1) is 0 Å². The smallest absolute Gasteiger partial charge is 0.410 e. The predicted molar refractivity (Wildman–Crippen MR) is 86.4 cm³/mol. The first-order chi connectivity index (χ1) is 11.0. The van der Waals surface area contributed by atoms with Gasteiger partial charge in [-0.1, -0.05) is 23.2 Å². The van der Waals surface area contributed by atoms with Gasteiger partial charge in [0.05, 0.1) is 0 Å². The molecule has 1 aromatic rings. The van der Waals surface area contributed by atoms with Crippen LogP contribution in [0.3, 0.4) is 0 Å². The van der Waals surface area contributed by atoms with Crippen molar-refractivity contribution < 1.29 is 18.3 Å². The van der Waals surface area contributed by atoms with Crippen molar-refractivity contribution in [3.63, 3.8) is 0 Å². The number of aromatic nitrogens is 1. The van der Waals surface area contributed by atoms with E-state index in [0.29, 0.717) is 0 Å². The molecule has 0 aromatic carbocycles. The summed E-state index contributed by atoms with van der Waals surface area (Å²) >= 11 is 11.5. The average molecular weight is 379 g/mol. The van der Waals surface area contributed by atoms with Crippen molar-refractivity contribution in [2.75, 3.05) is 13.1 Å². The van der Waals surface area contributed by atoms with Crippen molar-refractivity contribution >= 4 is 29.3 Å². The molecule has 1 saturated heterocycles. The highest BCUT2D eigenvalue weighted by Gasteiger charge is 2.67. The minimum absolute atomic E-state index is 0.0571. The number of fused-ring (bicyclic) bond motifs is 1. The van der Waals surface area contributed by atoms with Gasteiger partial charge in [-0.25, -0.2) is 18.6 Å². The van der Waals surface area contributed by atoms with E-state index in [0.717, 1.165) is 12.1 Å². The monoisotopic (exact) mass is 378 g/mol. The lowest BCUT2D eigenvalue weighted by Crippen LogP contribution is -2.38. The molecule has 4 nitrogen and oxygen atoms in total. The summed E-state index contributed by atoms with van der Waals surface area (Å²) in [6, 6.07) is 2.29. The van der Waals surface area contributed by atoms with Crippen molar-refractivity contribution in [3.05, 3.63) is 28.0 Å². The standard InChI is InChI=1S/C16H18Cl2F2N2O2/c1-15(2,3)24-14(23)22-6-9-10(7-22)13(9)16(19,20)8-4-11(17)21-12(18)5-8/h4-5,9-10,13H,6-7H2,1-3H3. The number of hydrogen-bond donors (Lipinski definition) is 0. The van der Waals surface area contributed by atoms with Gasteiger partial charge in [-0.3, -0.25) is 0 Å². The van der Waals surface area contributed by atoms with E-state index < -0.39 is 23.5 Å². The molecule has 1 aromatic heterocycles. The molecule has 8 heteroatoms. The summed E-state index contributed by atoms with van der Waals surface area (Å²) < 4.78 is 34.8. The molecule has 0 radical (unpaired) electrons. The topological polar surface area (TPSA) is 42.4 Å². The molecule has 1 saturated carbocycles. The summed E-state index contributed by atoms with van der Waals surface area (Å²) in [5, 5.41) is -0.114. The Morgan fingerprint density at radius 3 is 2.17 bits per heavy atom. The molecule has 1 aliphatic heterocycles. The summed E-state index contributed by atoms with van der Waals surface area (Å²) in [5.74, 6) is -4.34. The Kier molecular flexibility index (Phi) is 4.20. The number of nitrogens with zero attached hydrogens (tertiary/aromatic N) is 2. The minimum atomic E-state index is -3.05. The molecular formula is C16H18Cl2F2N2O2. The first-order valence-electron chi connectivity index (χ1n) is 7.68. The third kappa shape index (κ3) is 3.31. The van der Waals surface area contributed by atoms with Gasteiger partial charge >= 0.3 is 6.09 Å². The van der Waals surface area contributed by atoms with Crippen LogP contribution in [-0.4, -0.2) is 34.7 Å². The fourth-order valence-corrected chi connectivity index (χ4v) is 3.85. The Labute approximate surface area is 149 Å². The SMILES string of the molecule is CC(C)(C)OC(=O)N1CC2C(C1)C2C(F)(F)c1cc(Cl)nc(Cl)c1. The molecule has 24 heavy (non-hydrogen) atoms. The van der Waals surface area contributed by atoms with Crippen LogP contribution in [0.25, 0.3) is 0 Å². The molecule has 132 valence electrons. The van der Waals surface area contributed by atoms with E-state index in [9.17, 15) is 13.6 Å². The number of carbonyl (C=O) groups is 1. The van der Waals surface area contributed by atoms with E-state index in [1.165, 1.54) is 4.90 Å². The average Bonchev–Trinajstić information content (AvgIpc) is 2.93. The first kappa shape index (κ1) is 17.7. The van der Waals surface area contributed by atoms with Crippen LogP contribution in [0.2, 0.25) is 10.3 Å². The summed E-state index contributed by atoms with van der Waals surface area (Å²) in [4.78, 5) is 17.2. The Morgan fingerprint density at radius 1 is 1.21 bits per heavy atom. The molecule has 0 bridgehead atoms. The van der Waals surface area contributed by atoms with Gasteiger partial charge < -0.3 is 9.64 Å². The number of pyridine rings is 1. The molecule has 0 spiro atoms. The highest BCUT2D eigenvalue weighted by Crippen LogP contribution is 2.62. The number of halogens is 4. The molecule has 2 fully saturated rings. The second kappa shape index (κ2) is 5.70. The summed E-state index contributed by atoms with van der Waals surface area (Å²) in [7, 11) is 0. The van der Waals surface area contributed by atoms with Gasteiger partial charge in [-0.2, -0.15) is 0 Å². The molecule has 1 amide bonds. The maximum atomic E-state index is 14.7. The minimum Gasteiger partial charge on any atom is -0.444 e. The fraction of sp³-hybridized carbons (Fsp3) is 0.625. The van der Waals surface area contributed by atoms with Gasteiger partial charge in [0.1, 0.15) is 15.9 Å². The van der Waals surface area contributed by atoms with Crippen molar-refractivity contribution in [2.24, 2.45) is 17.8 Å². The van der Waals surface area contributed by atoms with Gasteiger partial charge in [0.15, 0.2) is 0 Å². The lowest BCUT2D eigenvalue weighted by atomic mass is 10.0. The number of likely N-dealkylation sites (tertiary alicyclic amines) is 1. The molecule has 1 aliphatic carbocycles. The van der Waals surface area contributed by atoms with Crippen LogP contribution in [0, 0.1) is 17.8 Å². The van der Waals surface area contributed by atoms with E-state index in [2.05, 4.69) is 4.98 Å². The second-order valence-corrected chi connectivity index (χ2v) is 8.14. The zero-order valence-corrected chi connectivity index (χ0v) is 15.0. The number of rotatable bonds is 2. The lowest BCUT2D eigenvalue weighted by molar-refractivity contribution is -0.0458. The quantitative estimate of drug-likeness (QED) is 0.706. The molecule has 2 aliphatic rings. The molecule has 2 atom stereocenters. The van der Waals surface area contributed by atoms with Crippen molar-refractivity contribution in [1.29, 1.82) is 0 Å². The number of carbonyl (C=O) groups excluding carboxylic acids is 1. The van der Waals surface area contributed by atoms with Crippen LogP contribution in [0.5, 0.6) is 0 Å². The predicted octanol–water partition coefficient (Wildman–Crippen LogP) is 4.59. The Bertz CT molecular complexity index is 646. The zero-order valence-electron chi connectivity index (χ0n) is 13.5. The maximum absolute atomic E-state index is 14.7. The molecular weight excluding hydrogens is 361 g/mol. The summed E-state index contributed by atoms with van der Waals surface area (Å²) in [6.45, 7) is 5.89. The summed E-state index contributed by atoms with van der Waals surface area (Å²) in [6.07, 6.45) is -0.452. The van der Waals surface area contributed by atoms with Crippen molar-refractivity contribution in [3.8, 4) is 0 Å². The van der Waals surface area contributed by atoms with E-state index in [4.69, 9.17) is 27.9 Å². The van der Waals surface area contributed by atoms with E-state index in [1.807, 2.05) is 0 Å². The Hall–Kier alpha value is -1.14. The van der Waals surface area contributed by atoms with Crippen molar-refractivity contribution in [2.45, 2.75) is 32.3 Å². The van der Waals surface area contributed by atoms with Crippen molar-refractivity contribution in [1.82, 2.24) is 9.88 Å². The fourth-order valence-electron chi connectivity index (χ4n) is 3.39. The van der Waals surface area contributed by atoms with Crippen LogP contribution in [0.1, 0.15) is 26.3 Å². The normalized spacial score (nSPS) is 26.3. The Morgan fingerprint density at radius 2 is 1.71 bits per heavy atom. The van der Waals surface area contributed by atoms with Gasteiger partial charge in [0.2, 0.25) is 0 Å². The van der Waals surface area contributed by atoms with E-state index in [1.54, 1.807) is 20.8 Å². The van der Waals surface area contributed by atoms with Crippen LogP contribution in [-0.2, 0) is 10.7 Å².